The Morgan fingerprint density at radius 3 is 2.78 bits per heavy atom. The lowest BCUT2D eigenvalue weighted by Gasteiger charge is -2.37. The highest BCUT2D eigenvalue weighted by Gasteiger charge is 2.35. The number of benzene rings is 1. The fraction of sp³-hybridized carbons (Fsp3) is 0.375. The number of aromatic nitrogens is 2. The minimum Gasteiger partial charge on any atom is -0.508 e. The molecule has 0 spiro atoms. The van der Waals surface area contributed by atoms with Gasteiger partial charge in [-0.15, -0.1) is 0 Å². The van der Waals surface area contributed by atoms with E-state index in [1.54, 1.807) is 30.3 Å². The smallest absolute Gasteiger partial charge is 0.271 e. The van der Waals surface area contributed by atoms with Crippen LogP contribution in [-0.4, -0.2) is 61.6 Å². The maximum atomic E-state index is 12.5. The number of aliphatic hydroxyl groups is 2. The van der Waals surface area contributed by atoms with Crippen LogP contribution in [0.25, 0.3) is 11.3 Å². The fourth-order valence-electron chi connectivity index (χ4n) is 2.80. The number of H-pyrrole nitrogens is 1. The van der Waals surface area contributed by atoms with E-state index in [-0.39, 0.29) is 24.8 Å². The monoisotopic (exact) mass is 317 g/mol. The molecule has 1 saturated heterocycles. The molecule has 0 aliphatic carbocycles. The zero-order valence-corrected chi connectivity index (χ0v) is 12.6. The first-order chi connectivity index (χ1) is 11.0. The van der Waals surface area contributed by atoms with E-state index in [1.165, 1.54) is 4.90 Å². The quantitative estimate of drug-likeness (QED) is 0.667. The zero-order valence-electron chi connectivity index (χ0n) is 12.6. The summed E-state index contributed by atoms with van der Waals surface area (Å²) in [5.41, 5.74) is 0.481. The molecule has 0 unspecified atom stereocenters. The molecule has 7 heteroatoms. The molecule has 1 aliphatic rings. The highest BCUT2D eigenvalue weighted by atomic mass is 16.3. The Hall–Kier alpha value is -2.38. The molecular weight excluding hydrogens is 298 g/mol. The van der Waals surface area contributed by atoms with Crippen LogP contribution in [0.5, 0.6) is 5.75 Å². The summed E-state index contributed by atoms with van der Waals surface area (Å²) in [5.74, 6) is -0.0914. The van der Waals surface area contributed by atoms with Crippen molar-refractivity contribution in [2.45, 2.75) is 18.4 Å². The summed E-state index contributed by atoms with van der Waals surface area (Å²) in [7, 11) is 0. The number of piperidine rings is 1. The van der Waals surface area contributed by atoms with Gasteiger partial charge in [0.15, 0.2) is 0 Å². The normalized spacial score (nSPS) is 21.4. The number of hydrogen-bond donors (Lipinski definition) is 4. The zero-order chi connectivity index (χ0) is 16.4. The molecule has 7 nitrogen and oxygen atoms in total. The van der Waals surface area contributed by atoms with Crippen LogP contribution in [0.4, 0.5) is 0 Å². The molecule has 0 bridgehead atoms. The van der Waals surface area contributed by atoms with E-state index >= 15 is 0 Å². The number of amides is 1. The van der Waals surface area contributed by atoms with Crippen LogP contribution in [0, 0.1) is 0 Å². The molecule has 0 radical (unpaired) electrons. The number of likely N-dealkylation sites (tertiary alicyclic amines) is 1. The van der Waals surface area contributed by atoms with Gasteiger partial charge in [-0.25, -0.2) is 0 Å². The first-order valence-corrected chi connectivity index (χ1v) is 7.48. The van der Waals surface area contributed by atoms with Gasteiger partial charge in [-0.1, -0.05) is 0 Å². The molecular formula is C16H19N3O4. The van der Waals surface area contributed by atoms with E-state index in [2.05, 4.69) is 10.2 Å². The van der Waals surface area contributed by atoms with Crippen molar-refractivity contribution in [3.63, 3.8) is 0 Å². The van der Waals surface area contributed by atoms with Crippen molar-refractivity contribution in [2.24, 2.45) is 0 Å². The topological polar surface area (TPSA) is 110 Å². The maximum Gasteiger partial charge on any atom is 0.271 e. The van der Waals surface area contributed by atoms with Crippen LogP contribution in [-0.2, 0) is 0 Å². The summed E-state index contributed by atoms with van der Waals surface area (Å²) < 4.78 is 0. The van der Waals surface area contributed by atoms with E-state index in [0.29, 0.717) is 30.8 Å². The van der Waals surface area contributed by atoms with Gasteiger partial charge < -0.3 is 20.2 Å². The van der Waals surface area contributed by atoms with E-state index in [1.807, 2.05) is 0 Å². The predicted octanol–water partition coefficient (Wildman–Crippen LogP) is 0.742. The highest BCUT2D eigenvalue weighted by molar-refractivity contribution is 5.93. The van der Waals surface area contributed by atoms with Crippen LogP contribution in [0.2, 0.25) is 0 Å². The van der Waals surface area contributed by atoms with Crippen LogP contribution < -0.4 is 0 Å². The van der Waals surface area contributed by atoms with Crippen LogP contribution in [0.3, 0.4) is 0 Å². The van der Waals surface area contributed by atoms with Gasteiger partial charge in [-0.3, -0.25) is 9.89 Å². The molecule has 23 heavy (non-hydrogen) atoms. The molecule has 2 heterocycles. The molecule has 1 aromatic heterocycles. The third kappa shape index (κ3) is 3.20. The van der Waals surface area contributed by atoms with Gasteiger partial charge in [0.2, 0.25) is 0 Å². The molecule has 1 amide bonds. The number of nitrogens with zero attached hydrogens (tertiary/aromatic N) is 2. The van der Waals surface area contributed by atoms with Crippen molar-refractivity contribution < 1.29 is 20.1 Å². The molecule has 1 aliphatic heterocycles. The summed E-state index contributed by atoms with van der Waals surface area (Å²) in [6, 6.07) is 8.17. The molecule has 2 aromatic rings. The fourth-order valence-corrected chi connectivity index (χ4v) is 2.80. The third-order valence-corrected chi connectivity index (χ3v) is 4.11. The van der Waals surface area contributed by atoms with Crippen molar-refractivity contribution in [1.29, 1.82) is 0 Å². The van der Waals surface area contributed by atoms with Gasteiger partial charge >= 0.3 is 0 Å². The third-order valence-electron chi connectivity index (χ3n) is 4.11. The molecule has 4 N–H and O–H groups in total. The van der Waals surface area contributed by atoms with Crippen LogP contribution in [0.1, 0.15) is 23.3 Å². The number of aliphatic hydroxyl groups excluding tert-OH is 1. The summed E-state index contributed by atoms with van der Waals surface area (Å²) in [6.07, 6.45) is 1.12. The predicted molar refractivity (Wildman–Crippen MR) is 82.9 cm³/mol. The number of rotatable bonds is 3. The summed E-state index contributed by atoms with van der Waals surface area (Å²) in [6.45, 7) is 0.281. The van der Waals surface area contributed by atoms with Gasteiger partial charge in [0.25, 0.3) is 5.91 Å². The lowest BCUT2D eigenvalue weighted by Crippen LogP contribution is -2.52. The van der Waals surface area contributed by atoms with Gasteiger partial charge in [-0.05, 0) is 43.2 Å². The summed E-state index contributed by atoms with van der Waals surface area (Å²) >= 11 is 0. The van der Waals surface area contributed by atoms with Gasteiger partial charge in [-0.2, -0.15) is 5.10 Å². The lowest BCUT2D eigenvalue weighted by atomic mass is 9.93. The Balaban J connectivity index is 1.77. The van der Waals surface area contributed by atoms with Crippen molar-refractivity contribution in [3.8, 4) is 17.0 Å². The Labute approximate surface area is 133 Å². The van der Waals surface area contributed by atoms with E-state index in [4.69, 9.17) is 0 Å². The number of β-amino-alcohol motifs (C(OH)–C–C–N with tert-alkyl or cyclic N) is 1. The minimum absolute atomic E-state index is 0.107. The second-order valence-electron chi connectivity index (χ2n) is 5.93. The van der Waals surface area contributed by atoms with Crippen LogP contribution >= 0.6 is 0 Å². The average Bonchev–Trinajstić information content (AvgIpc) is 3.05. The molecule has 1 fully saturated rings. The molecule has 1 atom stereocenters. The van der Waals surface area contributed by atoms with Gasteiger partial charge in [0, 0.05) is 12.1 Å². The largest absolute Gasteiger partial charge is 0.508 e. The number of nitrogens with one attached hydrogen (secondary N) is 1. The van der Waals surface area contributed by atoms with Gasteiger partial charge in [0.1, 0.15) is 17.0 Å². The number of aromatic hydroxyl groups is 1. The van der Waals surface area contributed by atoms with Crippen molar-refractivity contribution in [2.75, 3.05) is 19.7 Å². The number of phenolic OH excluding ortho intramolecular Hbond substituents is 1. The average molecular weight is 317 g/mol. The minimum atomic E-state index is -1.23. The number of hydrogen-bond acceptors (Lipinski definition) is 5. The second-order valence-corrected chi connectivity index (χ2v) is 5.93. The Kier molecular flexibility index (Phi) is 4.06. The standard InChI is InChI=1S/C16H19N3O4/c20-10-16(23)6-1-7-19(9-16)15(22)14-8-13(17-18-14)11-2-4-12(21)5-3-11/h2-5,8,20-21,23H,1,6-7,9-10H2,(H,17,18)/t16-/m0/s1. The number of phenols is 1. The molecule has 122 valence electrons. The van der Waals surface area contributed by atoms with Crippen molar-refractivity contribution >= 4 is 5.91 Å². The molecule has 1 aromatic carbocycles. The second kappa shape index (κ2) is 6.02. The first-order valence-electron chi connectivity index (χ1n) is 7.48. The van der Waals surface area contributed by atoms with E-state index in [0.717, 1.165) is 5.56 Å². The van der Waals surface area contributed by atoms with Gasteiger partial charge in [0.05, 0.1) is 18.8 Å². The summed E-state index contributed by atoms with van der Waals surface area (Å²) in [4.78, 5) is 14.0. The summed E-state index contributed by atoms with van der Waals surface area (Å²) in [5, 5.41) is 35.6. The van der Waals surface area contributed by atoms with Crippen LogP contribution in [0.15, 0.2) is 30.3 Å². The maximum absolute atomic E-state index is 12.5. The van der Waals surface area contributed by atoms with Crippen molar-refractivity contribution in [3.05, 3.63) is 36.0 Å². The first kappa shape index (κ1) is 15.5. The highest BCUT2D eigenvalue weighted by Crippen LogP contribution is 2.24. The number of carbonyl (C=O) groups excluding carboxylic acids is 1. The number of aromatic amines is 1. The lowest BCUT2D eigenvalue weighted by molar-refractivity contribution is -0.0599. The SMILES string of the molecule is O=C(c1cc(-c2ccc(O)cc2)n[nH]1)N1CCC[C@@](O)(CO)C1. The Morgan fingerprint density at radius 2 is 2.09 bits per heavy atom. The Morgan fingerprint density at radius 1 is 1.35 bits per heavy atom. The number of carbonyl (C=O) groups is 1. The molecule has 0 saturated carbocycles. The Bertz CT molecular complexity index is 698. The molecule has 3 rings (SSSR count). The van der Waals surface area contributed by atoms with Crippen molar-refractivity contribution in [1.82, 2.24) is 15.1 Å². The van der Waals surface area contributed by atoms with E-state index in [9.17, 15) is 20.1 Å². The van der Waals surface area contributed by atoms with E-state index < -0.39 is 5.60 Å².